The van der Waals surface area contributed by atoms with Crippen LogP contribution in [0.2, 0.25) is 0 Å². The fourth-order valence-corrected chi connectivity index (χ4v) is 3.83. The minimum absolute atomic E-state index is 0.587. The van der Waals surface area contributed by atoms with Crippen LogP contribution in [0, 0.1) is 0 Å². The molecule has 3 aromatic rings. The first-order valence-corrected chi connectivity index (χ1v) is 10.7. The number of aliphatic carboxylic acids is 2. The molecule has 1 heterocycles. The maximum atomic E-state index is 12.7. The molecule has 1 saturated heterocycles. The fourth-order valence-electron chi connectivity index (χ4n) is 3.83. The van der Waals surface area contributed by atoms with Gasteiger partial charge in [-0.15, -0.1) is 0 Å². The topological polar surface area (TPSA) is 81.1 Å². The van der Waals surface area contributed by atoms with E-state index in [-0.39, 0.29) is 0 Å². The predicted molar refractivity (Wildman–Crippen MR) is 121 cm³/mol. The van der Waals surface area contributed by atoms with Crippen LogP contribution < -0.4 is 0 Å². The Bertz CT molecular complexity index is 1110. The highest BCUT2D eigenvalue weighted by Crippen LogP contribution is 2.29. The van der Waals surface area contributed by atoms with Gasteiger partial charge in [0, 0.05) is 39.3 Å². The summed E-state index contributed by atoms with van der Waals surface area (Å²) < 4.78 is 38.0. The van der Waals surface area contributed by atoms with Crippen LogP contribution in [0.25, 0.3) is 10.8 Å². The SMILES string of the molecule is FC(F)(F)c1ccc(CN2CCN(Cc3cccc4ccccc34)CC2)cc1.O=C(O)C(=O)O. The number of nitrogens with zero attached hydrogens (tertiary/aromatic N) is 2. The van der Waals surface area contributed by atoms with Gasteiger partial charge in [0.15, 0.2) is 0 Å². The molecule has 6 nitrogen and oxygen atoms in total. The summed E-state index contributed by atoms with van der Waals surface area (Å²) in [6.45, 7) is 5.39. The van der Waals surface area contributed by atoms with Gasteiger partial charge in [-0.25, -0.2) is 9.59 Å². The fraction of sp³-hybridized carbons (Fsp3) is 0.280. The number of rotatable bonds is 4. The van der Waals surface area contributed by atoms with Crippen molar-refractivity contribution in [2.45, 2.75) is 19.3 Å². The molecule has 0 radical (unpaired) electrons. The Morgan fingerprint density at radius 3 is 1.82 bits per heavy atom. The maximum Gasteiger partial charge on any atom is 0.416 e. The van der Waals surface area contributed by atoms with Crippen molar-refractivity contribution >= 4 is 22.7 Å². The lowest BCUT2D eigenvalue weighted by molar-refractivity contribution is -0.159. The molecule has 2 N–H and O–H groups in total. The van der Waals surface area contributed by atoms with Crippen molar-refractivity contribution in [3.8, 4) is 0 Å². The molecule has 34 heavy (non-hydrogen) atoms. The Kier molecular flexibility index (Phi) is 8.25. The van der Waals surface area contributed by atoms with E-state index in [1.807, 2.05) is 0 Å². The molecule has 0 aliphatic carbocycles. The lowest BCUT2D eigenvalue weighted by Gasteiger charge is -2.35. The van der Waals surface area contributed by atoms with Crippen LogP contribution in [0.3, 0.4) is 0 Å². The predicted octanol–water partition coefficient (Wildman–Crippen LogP) is 4.33. The Morgan fingerprint density at radius 1 is 0.735 bits per heavy atom. The van der Waals surface area contributed by atoms with Gasteiger partial charge in [0.2, 0.25) is 0 Å². The number of carboxylic acid groups (broad SMARTS) is 2. The third kappa shape index (κ3) is 7.03. The number of fused-ring (bicyclic) bond motifs is 1. The zero-order chi connectivity index (χ0) is 24.7. The first-order chi connectivity index (χ1) is 16.1. The normalized spacial score (nSPS) is 14.9. The van der Waals surface area contributed by atoms with Crippen molar-refractivity contribution in [1.82, 2.24) is 9.80 Å². The second-order valence-electron chi connectivity index (χ2n) is 8.00. The van der Waals surface area contributed by atoms with Crippen molar-refractivity contribution < 1.29 is 33.0 Å². The lowest BCUT2D eigenvalue weighted by atomic mass is 10.0. The Morgan fingerprint density at radius 2 is 1.26 bits per heavy atom. The van der Waals surface area contributed by atoms with Gasteiger partial charge in [0.1, 0.15) is 0 Å². The van der Waals surface area contributed by atoms with Gasteiger partial charge in [0.25, 0.3) is 0 Å². The van der Waals surface area contributed by atoms with Crippen LogP contribution in [0.5, 0.6) is 0 Å². The Hall–Kier alpha value is -3.43. The quantitative estimate of drug-likeness (QED) is 0.548. The van der Waals surface area contributed by atoms with E-state index in [1.165, 1.54) is 28.5 Å². The average Bonchev–Trinajstić information content (AvgIpc) is 2.81. The van der Waals surface area contributed by atoms with Gasteiger partial charge >= 0.3 is 18.1 Å². The zero-order valence-corrected chi connectivity index (χ0v) is 18.3. The molecule has 0 spiro atoms. The van der Waals surface area contributed by atoms with E-state index >= 15 is 0 Å². The second-order valence-corrected chi connectivity index (χ2v) is 8.00. The molecule has 4 rings (SSSR count). The zero-order valence-electron chi connectivity index (χ0n) is 18.3. The summed E-state index contributed by atoms with van der Waals surface area (Å²) in [7, 11) is 0. The maximum absolute atomic E-state index is 12.7. The van der Waals surface area contributed by atoms with E-state index in [9.17, 15) is 13.2 Å². The molecular weight excluding hydrogens is 449 g/mol. The third-order valence-corrected chi connectivity index (χ3v) is 5.61. The highest BCUT2D eigenvalue weighted by Gasteiger charge is 2.30. The van der Waals surface area contributed by atoms with E-state index in [0.29, 0.717) is 6.54 Å². The molecule has 3 aromatic carbocycles. The van der Waals surface area contributed by atoms with E-state index < -0.39 is 23.7 Å². The summed E-state index contributed by atoms with van der Waals surface area (Å²) in [5.74, 6) is -3.65. The lowest BCUT2D eigenvalue weighted by Crippen LogP contribution is -2.45. The Labute approximate surface area is 194 Å². The number of carbonyl (C=O) groups is 2. The molecule has 9 heteroatoms. The molecule has 0 atom stereocenters. The molecule has 0 unspecified atom stereocenters. The van der Waals surface area contributed by atoms with Crippen molar-refractivity contribution in [2.24, 2.45) is 0 Å². The van der Waals surface area contributed by atoms with Crippen molar-refractivity contribution in [2.75, 3.05) is 26.2 Å². The minimum atomic E-state index is -4.27. The molecule has 0 saturated carbocycles. The largest absolute Gasteiger partial charge is 0.473 e. The Balaban J connectivity index is 0.000000481. The number of benzene rings is 3. The average molecular weight is 474 g/mol. The number of hydrogen-bond acceptors (Lipinski definition) is 4. The van der Waals surface area contributed by atoms with E-state index in [2.05, 4.69) is 52.3 Å². The van der Waals surface area contributed by atoms with Crippen molar-refractivity contribution in [3.05, 3.63) is 83.4 Å². The molecule has 0 aromatic heterocycles. The molecule has 0 amide bonds. The van der Waals surface area contributed by atoms with Gasteiger partial charge in [-0.05, 0) is 34.0 Å². The van der Waals surface area contributed by atoms with Crippen LogP contribution in [-0.2, 0) is 28.9 Å². The van der Waals surface area contributed by atoms with Gasteiger partial charge in [-0.1, -0.05) is 54.6 Å². The van der Waals surface area contributed by atoms with Gasteiger partial charge < -0.3 is 10.2 Å². The third-order valence-electron chi connectivity index (χ3n) is 5.61. The summed E-state index contributed by atoms with van der Waals surface area (Å²) >= 11 is 0. The van der Waals surface area contributed by atoms with Crippen LogP contribution in [0.1, 0.15) is 16.7 Å². The van der Waals surface area contributed by atoms with Crippen LogP contribution >= 0.6 is 0 Å². The van der Waals surface area contributed by atoms with Gasteiger partial charge in [0.05, 0.1) is 5.56 Å². The monoisotopic (exact) mass is 474 g/mol. The number of piperazine rings is 1. The molecule has 180 valence electrons. The van der Waals surface area contributed by atoms with Gasteiger partial charge in [-0.2, -0.15) is 13.2 Å². The molecule has 0 bridgehead atoms. The molecular formula is C25H25F3N2O4. The first kappa shape index (κ1) is 25.2. The first-order valence-electron chi connectivity index (χ1n) is 10.7. The number of halogens is 3. The highest BCUT2D eigenvalue weighted by atomic mass is 19.4. The van der Waals surface area contributed by atoms with Crippen molar-refractivity contribution in [1.29, 1.82) is 0 Å². The van der Waals surface area contributed by atoms with Crippen LogP contribution in [0.4, 0.5) is 13.2 Å². The molecule has 1 aliphatic heterocycles. The molecule has 1 fully saturated rings. The van der Waals surface area contributed by atoms with E-state index in [1.54, 1.807) is 12.1 Å². The smallest absolute Gasteiger partial charge is 0.416 e. The summed E-state index contributed by atoms with van der Waals surface area (Å²) in [6.07, 6.45) is -4.27. The number of carboxylic acids is 2. The number of hydrogen-bond donors (Lipinski definition) is 2. The summed E-state index contributed by atoms with van der Waals surface area (Å²) in [5.41, 5.74) is 1.68. The highest BCUT2D eigenvalue weighted by molar-refractivity contribution is 6.27. The van der Waals surface area contributed by atoms with Crippen LogP contribution in [0.15, 0.2) is 66.7 Å². The summed E-state index contributed by atoms with van der Waals surface area (Å²) in [5, 5.41) is 17.4. The van der Waals surface area contributed by atoms with Gasteiger partial charge in [-0.3, -0.25) is 9.80 Å². The minimum Gasteiger partial charge on any atom is -0.473 e. The standard InChI is InChI=1S/C23H23F3N2.C2H2O4/c24-23(25,26)21-10-8-18(9-11-21)16-27-12-14-28(15-13-27)17-20-6-3-5-19-4-1-2-7-22(19)20;3-1(4)2(5)6/h1-11H,12-17H2;(H,3,4)(H,5,6). The van der Waals surface area contributed by atoms with Crippen LogP contribution in [-0.4, -0.2) is 58.1 Å². The summed E-state index contributed by atoms with van der Waals surface area (Å²) in [6, 6.07) is 20.4. The molecule has 1 aliphatic rings. The van der Waals surface area contributed by atoms with Crippen molar-refractivity contribution in [3.63, 3.8) is 0 Å². The number of alkyl halides is 3. The van der Waals surface area contributed by atoms with E-state index in [4.69, 9.17) is 19.8 Å². The second kappa shape index (κ2) is 11.1. The van der Waals surface area contributed by atoms with E-state index in [0.717, 1.165) is 38.3 Å². The summed E-state index contributed by atoms with van der Waals surface area (Å²) in [4.78, 5) is 23.0.